The largest absolute Gasteiger partial charge is 0.357 e. The first-order valence-corrected chi connectivity index (χ1v) is 9.79. The molecular formula is C19H28IN5OS. The molecule has 2 aromatic rings. The summed E-state index contributed by atoms with van der Waals surface area (Å²) in [6.45, 7) is 6.21. The van der Waals surface area contributed by atoms with Gasteiger partial charge in [0, 0.05) is 31.4 Å². The number of aryl methyl sites for hydroxylation is 1. The predicted octanol–water partition coefficient (Wildman–Crippen LogP) is 2.53. The van der Waals surface area contributed by atoms with E-state index in [0.717, 1.165) is 36.6 Å². The molecule has 2 rings (SSSR count). The number of nitrogens with zero attached hydrogens (tertiary/aromatic N) is 2. The topological polar surface area (TPSA) is 78.4 Å². The molecule has 8 heteroatoms. The molecule has 0 spiro atoms. The number of rotatable bonds is 9. The van der Waals surface area contributed by atoms with Gasteiger partial charge in [0.2, 0.25) is 5.91 Å². The molecular weight excluding hydrogens is 473 g/mol. The van der Waals surface area contributed by atoms with Gasteiger partial charge >= 0.3 is 0 Å². The summed E-state index contributed by atoms with van der Waals surface area (Å²) in [6.07, 6.45) is 1.65. The number of aromatic nitrogens is 1. The van der Waals surface area contributed by atoms with E-state index >= 15 is 0 Å². The van der Waals surface area contributed by atoms with Gasteiger partial charge < -0.3 is 16.0 Å². The number of aliphatic imine (C=N–C) groups is 1. The number of hydrogen-bond acceptors (Lipinski definition) is 4. The summed E-state index contributed by atoms with van der Waals surface area (Å²) in [5.41, 5.74) is 2.29. The van der Waals surface area contributed by atoms with Gasteiger partial charge in [0.15, 0.2) is 5.96 Å². The number of guanidine groups is 1. The van der Waals surface area contributed by atoms with Gasteiger partial charge in [-0.3, -0.25) is 4.79 Å². The third-order valence-corrected chi connectivity index (χ3v) is 4.47. The molecule has 6 nitrogen and oxygen atoms in total. The minimum Gasteiger partial charge on any atom is -0.357 e. The number of halogens is 1. The molecule has 1 heterocycles. The summed E-state index contributed by atoms with van der Waals surface area (Å²) in [5, 5.41) is 12.4. The lowest BCUT2D eigenvalue weighted by molar-refractivity contribution is -0.119. The smallest absolute Gasteiger partial charge is 0.241 e. The van der Waals surface area contributed by atoms with E-state index in [-0.39, 0.29) is 36.4 Å². The zero-order valence-corrected chi connectivity index (χ0v) is 19.0. The zero-order chi connectivity index (χ0) is 18.6. The molecule has 1 amide bonds. The van der Waals surface area contributed by atoms with Gasteiger partial charge in [-0.15, -0.1) is 35.3 Å². The average Bonchev–Trinajstić information content (AvgIpc) is 3.06. The van der Waals surface area contributed by atoms with Gasteiger partial charge in [0.05, 0.1) is 10.7 Å². The summed E-state index contributed by atoms with van der Waals surface area (Å²) in [4.78, 5) is 20.7. The Hall–Kier alpha value is -1.68. The molecule has 0 saturated heterocycles. The quantitative estimate of drug-likeness (QED) is 0.281. The third kappa shape index (κ3) is 9.71. The predicted molar refractivity (Wildman–Crippen MR) is 123 cm³/mol. The maximum Gasteiger partial charge on any atom is 0.241 e. The first-order chi connectivity index (χ1) is 12.7. The van der Waals surface area contributed by atoms with E-state index in [9.17, 15) is 4.79 Å². The Bertz CT molecular complexity index is 705. The second-order valence-corrected chi connectivity index (χ2v) is 6.88. The van der Waals surface area contributed by atoms with E-state index in [2.05, 4.69) is 43.4 Å². The Morgan fingerprint density at radius 2 is 1.85 bits per heavy atom. The van der Waals surface area contributed by atoms with E-state index in [0.29, 0.717) is 12.5 Å². The second kappa shape index (κ2) is 13.5. The minimum atomic E-state index is -0.0757. The van der Waals surface area contributed by atoms with Crippen molar-refractivity contribution in [2.24, 2.45) is 4.99 Å². The normalized spacial score (nSPS) is 10.8. The highest BCUT2D eigenvalue weighted by atomic mass is 127. The van der Waals surface area contributed by atoms with E-state index in [1.165, 1.54) is 5.56 Å². The van der Waals surface area contributed by atoms with Crippen molar-refractivity contribution in [3.63, 3.8) is 0 Å². The van der Waals surface area contributed by atoms with Crippen molar-refractivity contribution in [2.75, 3.05) is 26.2 Å². The molecule has 0 fully saturated rings. The molecule has 0 bridgehead atoms. The molecule has 1 aromatic heterocycles. The molecule has 148 valence electrons. The van der Waals surface area contributed by atoms with E-state index in [1.54, 1.807) is 11.3 Å². The third-order valence-electron chi connectivity index (χ3n) is 3.64. The maximum atomic E-state index is 12.0. The summed E-state index contributed by atoms with van der Waals surface area (Å²) in [6, 6.07) is 10.1. The van der Waals surface area contributed by atoms with Gasteiger partial charge in [-0.25, -0.2) is 9.98 Å². The van der Waals surface area contributed by atoms with Gasteiger partial charge in [0.25, 0.3) is 0 Å². The Kier molecular flexibility index (Phi) is 11.7. The van der Waals surface area contributed by atoms with Crippen LogP contribution in [0.1, 0.15) is 23.2 Å². The van der Waals surface area contributed by atoms with Crippen LogP contribution in [0, 0.1) is 6.92 Å². The Morgan fingerprint density at radius 3 is 2.52 bits per heavy atom. The van der Waals surface area contributed by atoms with Crippen LogP contribution in [0.25, 0.3) is 0 Å². The Balaban J connectivity index is 0.00000364. The summed E-state index contributed by atoms with van der Waals surface area (Å²) >= 11 is 1.66. The summed E-state index contributed by atoms with van der Waals surface area (Å²) < 4.78 is 0. The van der Waals surface area contributed by atoms with Crippen LogP contribution in [0.4, 0.5) is 0 Å². The first-order valence-electron chi connectivity index (χ1n) is 8.91. The highest BCUT2D eigenvalue weighted by Crippen LogP contribution is 2.07. The fraction of sp³-hybridized carbons (Fsp3) is 0.421. The van der Waals surface area contributed by atoms with Crippen molar-refractivity contribution in [3.05, 3.63) is 52.0 Å². The van der Waals surface area contributed by atoms with Crippen LogP contribution >= 0.6 is 35.3 Å². The lowest BCUT2D eigenvalue weighted by atomic mass is 10.1. The lowest BCUT2D eigenvalue weighted by Gasteiger charge is -2.10. The number of hydrogen-bond donors (Lipinski definition) is 3. The molecule has 0 atom stereocenters. The van der Waals surface area contributed by atoms with Crippen LogP contribution in [0.3, 0.4) is 0 Å². The van der Waals surface area contributed by atoms with Crippen LogP contribution < -0.4 is 16.0 Å². The molecule has 27 heavy (non-hydrogen) atoms. The fourth-order valence-electron chi connectivity index (χ4n) is 2.37. The zero-order valence-electron chi connectivity index (χ0n) is 15.8. The van der Waals surface area contributed by atoms with Crippen molar-refractivity contribution < 1.29 is 4.79 Å². The highest BCUT2D eigenvalue weighted by Gasteiger charge is 2.03. The molecule has 1 aromatic carbocycles. The number of benzene rings is 1. The molecule has 0 aliphatic heterocycles. The molecule has 0 aliphatic carbocycles. The van der Waals surface area contributed by atoms with E-state index in [1.807, 2.05) is 32.0 Å². The molecule has 0 unspecified atom stereocenters. The second-order valence-electron chi connectivity index (χ2n) is 5.82. The minimum absolute atomic E-state index is 0. The van der Waals surface area contributed by atoms with Crippen molar-refractivity contribution >= 4 is 47.2 Å². The van der Waals surface area contributed by atoms with Crippen molar-refractivity contribution in [2.45, 2.75) is 26.7 Å². The van der Waals surface area contributed by atoms with Gasteiger partial charge in [-0.2, -0.15) is 0 Å². The van der Waals surface area contributed by atoms with E-state index in [4.69, 9.17) is 0 Å². The van der Waals surface area contributed by atoms with Crippen LogP contribution in [0.15, 0.2) is 40.7 Å². The van der Waals surface area contributed by atoms with Gasteiger partial charge in [0.1, 0.15) is 6.54 Å². The summed E-state index contributed by atoms with van der Waals surface area (Å²) in [5.74, 6) is 0.575. The van der Waals surface area contributed by atoms with Crippen LogP contribution in [0.2, 0.25) is 0 Å². The monoisotopic (exact) mass is 501 g/mol. The van der Waals surface area contributed by atoms with Crippen molar-refractivity contribution in [1.29, 1.82) is 0 Å². The molecule has 3 N–H and O–H groups in total. The molecule has 0 radical (unpaired) electrons. The molecule has 0 aliphatic rings. The number of carbonyl (C=O) groups excluding carboxylic acids is 1. The SMILES string of the molecule is CCNC(=NCC(=O)NCCc1ccccc1)NCCc1csc(C)n1.I. The van der Waals surface area contributed by atoms with Crippen LogP contribution in [-0.2, 0) is 17.6 Å². The Morgan fingerprint density at radius 1 is 1.11 bits per heavy atom. The van der Waals surface area contributed by atoms with Crippen molar-refractivity contribution in [3.8, 4) is 0 Å². The fourth-order valence-corrected chi connectivity index (χ4v) is 3.02. The van der Waals surface area contributed by atoms with Gasteiger partial charge in [-0.1, -0.05) is 30.3 Å². The van der Waals surface area contributed by atoms with Gasteiger partial charge in [-0.05, 0) is 25.8 Å². The number of nitrogens with one attached hydrogen (secondary N) is 3. The average molecular weight is 501 g/mol. The summed E-state index contributed by atoms with van der Waals surface area (Å²) in [7, 11) is 0. The lowest BCUT2D eigenvalue weighted by Crippen LogP contribution is -2.39. The van der Waals surface area contributed by atoms with Crippen molar-refractivity contribution in [1.82, 2.24) is 20.9 Å². The number of amides is 1. The molecule has 0 saturated carbocycles. The standard InChI is InChI=1S/C19H27N5OS.HI/c1-3-20-19(22-12-10-17-14-26-15(2)24-17)23-13-18(25)21-11-9-16-7-5-4-6-8-16;/h4-8,14H,3,9-13H2,1-2H3,(H,21,25)(H2,20,22,23);1H. The van der Waals surface area contributed by atoms with E-state index < -0.39 is 0 Å². The number of carbonyl (C=O) groups is 1. The first kappa shape index (κ1) is 23.4. The maximum absolute atomic E-state index is 12.0. The highest BCUT2D eigenvalue weighted by molar-refractivity contribution is 14.0. The Labute approximate surface area is 182 Å². The van der Waals surface area contributed by atoms with Crippen LogP contribution in [-0.4, -0.2) is 43.0 Å². The number of thiazole rings is 1. The van der Waals surface area contributed by atoms with Crippen LogP contribution in [0.5, 0.6) is 0 Å².